The summed E-state index contributed by atoms with van der Waals surface area (Å²) in [7, 11) is 0. The summed E-state index contributed by atoms with van der Waals surface area (Å²) in [6.45, 7) is 9.37. The molecular weight excluding hydrogens is 1230 g/mol. The number of fused-ring (bicyclic) bond motifs is 19. The van der Waals surface area contributed by atoms with Crippen LogP contribution in [0.1, 0.15) is 49.9 Å². The molecule has 0 spiro atoms. The lowest BCUT2D eigenvalue weighted by Crippen LogP contribution is -2.16. The Bertz CT molecular complexity index is 6700. The van der Waals surface area contributed by atoms with Crippen molar-refractivity contribution >= 4 is 97.5 Å². The summed E-state index contributed by atoms with van der Waals surface area (Å²) in [5, 5.41) is 17.3. The van der Waals surface area contributed by atoms with Gasteiger partial charge in [0.15, 0.2) is 0 Å². The highest BCUT2D eigenvalue weighted by Crippen LogP contribution is 2.56. The van der Waals surface area contributed by atoms with Gasteiger partial charge >= 0.3 is 0 Å². The van der Waals surface area contributed by atoms with Gasteiger partial charge in [0.1, 0.15) is 0 Å². The number of para-hydroxylation sites is 2. The highest BCUT2D eigenvalue weighted by molar-refractivity contribution is 6.26. The van der Waals surface area contributed by atoms with Gasteiger partial charge in [-0.2, -0.15) is 0 Å². The van der Waals surface area contributed by atoms with Crippen molar-refractivity contribution in [3.05, 3.63) is 350 Å². The van der Waals surface area contributed by atoms with E-state index in [0.717, 1.165) is 49.8 Å². The van der Waals surface area contributed by atoms with Crippen LogP contribution >= 0.6 is 0 Å². The molecule has 0 fully saturated rings. The summed E-state index contributed by atoms with van der Waals surface area (Å²) in [5.74, 6) is 0. The Labute approximate surface area is 591 Å². The van der Waals surface area contributed by atoms with Crippen LogP contribution in [0.3, 0.4) is 0 Å². The van der Waals surface area contributed by atoms with E-state index in [1.54, 1.807) is 0 Å². The van der Waals surface area contributed by atoms with E-state index in [4.69, 9.17) is 15.0 Å². The molecule has 0 aliphatic heterocycles. The van der Waals surface area contributed by atoms with Crippen LogP contribution in [0.4, 0.5) is 0 Å². The molecule has 0 atom stereocenters. The molecule has 478 valence electrons. The molecule has 2 aliphatic carbocycles. The fraction of sp³-hybridized carbons (Fsp3) is 0.0612. The van der Waals surface area contributed by atoms with Crippen LogP contribution in [-0.4, -0.2) is 19.9 Å². The van der Waals surface area contributed by atoms with Crippen LogP contribution in [0, 0.1) is 0 Å². The van der Waals surface area contributed by atoms with E-state index in [1.165, 1.54) is 159 Å². The average molecular weight is 1300 g/mol. The van der Waals surface area contributed by atoms with Crippen LogP contribution in [0.25, 0.3) is 187 Å². The third kappa shape index (κ3) is 9.09. The summed E-state index contributed by atoms with van der Waals surface area (Å²) < 4.78 is 0. The molecule has 0 radical (unpaired) electrons. The Balaban J connectivity index is 0.000000137. The van der Waals surface area contributed by atoms with Gasteiger partial charge in [-0.25, -0.2) is 9.97 Å². The lowest BCUT2D eigenvalue weighted by molar-refractivity contribution is 0.661. The van der Waals surface area contributed by atoms with E-state index < -0.39 is 0 Å². The molecule has 0 saturated heterocycles. The average Bonchev–Trinajstić information content (AvgIpc) is 1.55. The Morgan fingerprint density at radius 1 is 0.235 bits per heavy atom. The van der Waals surface area contributed by atoms with Crippen LogP contribution in [-0.2, 0) is 10.8 Å². The minimum absolute atomic E-state index is 0.162. The third-order valence-electron chi connectivity index (χ3n) is 22.4. The summed E-state index contributed by atoms with van der Waals surface area (Å²) in [4.78, 5) is 20.0. The molecule has 0 N–H and O–H groups in total. The molecule has 15 aromatic carbocycles. The first-order valence-electron chi connectivity index (χ1n) is 35.4. The number of hydrogen-bond acceptors (Lipinski definition) is 4. The smallest absolute Gasteiger partial charge is 0.0964 e. The maximum atomic E-state index is 5.26. The second kappa shape index (κ2) is 22.9. The van der Waals surface area contributed by atoms with E-state index in [-0.39, 0.29) is 10.8 Å². The zero-order chi connectivity index (χ0) is 68.0. The first-order chi connectivity index (χ1) is 50.1. The summed E-state index contributed by atoms with van der Waals surface area (Å²) in [6.07, 6.45) is 3.83. The van der Waals surface area contributed by atoms with Gasteiger partial charge in [-0.15, -0.1) is 0 Å². The number of aromatic nitrogens is 4. The second-order valence-corrected chi connectivity index (χ2v) is 28.7. The van der Waals surface area contributed by atoms with Gasteiger partial charge in [0.2, 0.25) is 0 Å². The maximum absolute atomic E-state index is 5.26. The highest BCUT2D eigenvalue weighted by atomic mass is 14.8. The Kier molecular flexibility index (Phi) is 13.3. The lowest BCUT2D eigenvalue weighted by atomic mass is 9.78. The molecule has 4 heterocycles. The van der Waals surface area contributed by atoms with Crippen molar-refractivity contribution in [2.45, 2.75) is 38.5 Å². The molecule has 0 saturated carbocycles. The molecule has 4 aromatic heterocycles. The van der Waals surface area contributed by atoms with E-state index in [1.807, 2.05) is 18.5 Å². The molecule has 19 aromatic rings. The normalized spacial score (nSPS) is 13.3. The largest absolute Gasteiger partial charge is 0.254 e. The first-order valence-corrected chi connectivity index (χ1v) is 35.4. The van der Waals surface area contributed by atoms with Crippen molar-refractivity contribution in [2.24, 2.45) is 0 Å². The first kappa shape index (κ1) is 59.3. The van der Waals surface area contributed by atoms with Gasteiger partial charge in [0.05, 0.1) is 33.5 Å². The topological polar surface area (TPSA) is 51.6 Å². The third-order valence-corrected chi connectivity index (χ3v) is 22.4. The minimum Gasteiger partial charge on any atom is -0.254 e. The highest BCUT2D eigenvalue weighted by Gasteiger charge is 2.41. The molecule has 4 nitrogen and oxygen atoms in total. The van der Waals surface area contributed by atoms with Gasteiger partial charge < -0.3 is 0 Å². The Morgan fingerprint density at radius 2 is 0.598 bits per heavy atom. The van der Waals surface area contributed by atoms with Gasteiger partial charge in [0, 0.05) is 61.5 Å². The van der Waals surface area contributed by atoms with E-state index >= 15 is 0 Å². The van der Waals surface area contributed by atoms with Crippen molar-refractivity contribution in [2.75, 3.05) is 0 Å². The Morgan fingerprint density at radius 3 is 1.09 bits per heavy atom. The second-order valence-electron chi connectivity index (χ2n) is 28.7. The number of benzene rings is 15. The van der Waals surface area contributed by atoms with Crippen molar-refractivity contribution in [3.63, 3.8) is 0 Å². The quantitative estimate of drug-likeness (QED) is 0.156. The minimum atomic E-state index is -0.162. The van der Waals surface area contributed by atoms with Gasteiger partial charge in [-0.3, -0.25) is 9.97 Å². The number of nitrogens with zero attached hydrogens (tertiary/aromatic N) is 4. The van der Waals surface area contributed by atoms with Crippen molar-refractivity contribution < 1.29 is 0 Å². The predicted molar refractivity (Wildman–Crippen MR) is 429 cm³/mol. The zero-order valence-corrected chi connectivity index (χ0v) is 57.0. The fourth-order valence-corrected chi connectivity index (χ4v) is 17.6. The SMILES string of the molecule is CC1(C)c2ccccc2-c2nc3ccccc3c(-c3ccc(-c4ccc(-c5ccc6c7ccccc7c7ccccc7c6c5)c5ccccc45)cc3)c21.CC1(C)c2ccccc2-c2nc3ccccc3c(-c3ccc(-c4ccc(-c5cnc6c(ccc7cccnc76)c5)c5ccccc45)cc3)c21. The standard InChI is InChI=1S/C52H35N.C46H31N3/c1-52(2)47-21-11-9-19-44(47)51-50(52)49(45-20-10-12-22-48(45)53-51)33-25-23-32(24-26-33)35-29-30-36(38-14-4-3-13-37(35)38)34-27-28-43-41-17-6-5-15-39(41)40-16-7-8-18-42(40)46(43)31-34;1-46(2)39-15-7-5-13-37(39)45-42(46)41(38-14-6-8-16-40(38)49-45)29-19-17-28(18-20-29)33-23-24-34(36-12-4-3-11-35(33)36)32-26-31-22-21-30-10-9-25-47-43(30)44(31)48-27-32/h3-31H,1-2H3;3-27H,1-2H3. The molecule has 0 bridgehead atoms. The van der Waals surface area contributed by atoms with E-state index in [0.29, 0.717) is 0 Å². The molecular formula is C98H66N4. The zero-order valence-electron chi connectivity index (χ0n) is 57.0. The van der Waals surface area contributed by atoms with Crippen molar-refractivity contribution in [3.8, 4) is 89.3 Å². The number of pyridine rings is 4. The molecule has 102 heavy (non-hydrogen) atoms. The van der Waals surface area contributed by atoms with Gasteiger partial charge in [0.25, 0.3) is 0 Å². The number of hydrogen-bond donors (Lipinski definition) is 0. The molecule has 21 rings (SSSR count). The lowest BCUT2D eigenvalue weighted by Gasteiger charge is -2.25. The summed E-state index contributed by atoms with van der Waals surface area (Å²) in [5.41, 5.74) is 28.2. The maximum Gasteiger partial charge on any atom is 0.0964 e. The van der Waals surface area contributed by atoms with Crippen LogP contribution < -0.4 is 0 Å². The molecule has 0 unspecified atom stereocenters. The fourth-order valence-electron chi connectivity index (χ4n) is 17.6. The predicted octanol–water partition coefficient (Wildman–Crippen LogP) is 25.9. The van der Waals surface area contributed by atoms with Gasteiger partial charge in [-0.05, 0) is 168 Å². The van der Waals surface area contributed by atoms with E-state index in [2.05, 4.69) is 342 Å². The number of rotatable bonds is 6. The van der Waals surface area contributed by atoms with Gasteiger partial charge in [-0.1, -0.05) is 313 Å². The molecule has 2 aliphatic rings. The van der Waals surface area contributed by atoms with Crippen molar-refractivity contribution in [1.82, 2.24) is 19.9 Å². The van der Waals surface area contributed by atoms with Crippen LogP contribution in [0.15, 0.2) is 328 Å². The Hall–Kier alpha value is -12.8. The van der Waals surface area contributed by atoms with Crippen LogP contribution in [0.5, 0.6) is 0 Å². The summed E-state index contributed by atoms with van der Waals surface area (Å²) >= 11 is 0. The monoisotopic (exact) mass is 1300 g/mol. The van der Waals surface area contributed by atoms with Crippen molar-refractivity contribution in [1.29, 1.82) is 0 Å². The molecule has 0 amide bonds. The van der Waals surface area contributed by atoms with E-state index in [9.17, 15) is 0 Å². The molecule has 4 heteroatoms. The van der Waals surface area contributed by atoms with Crippen LogP contribution in [0.2, 0.25) is 0 Å². The summed E-state index contributed by atoms with van der Waals surface area (Å²) in [6, 6.07) is 115.